The van der Waals surface area contributed by atoms with Crippen LogP contribution in [0.5, 0.6) is 0 Å². The van der Waals surface area contributed by atoms with Crippen molar-refractivity contribution in [2.24, 2.45) is 0 Å². The number of aryl methyl sites for hydroxylation is 1. The monoisotopic (exact) mass is 368 g/mol. The van der Waals surface area contributed by atoms with E-state index in [2.05, 4.69) is 26.0 Å². The Balaban J connectivity index is 2.25. The number of anilines is 2. The van der Waals surface area contributed by atoms with E-state index in [0.717, 1.165) is 22.3 Å². The minimum atomic E-state index is -3.58. The van der Waals surface area contributed by atoms with Gasteiger partial charge in [0.2, 0.25) is 0 Å². The van der Waals surface area contributed by atoms with Crippen LogP contribution in [0.2, 0.25) is 0 Å². The van der Waals surface area contributed by atoms with Crippen molar-refractivity contribution in [3.63, 3.8) is 0 Å². The summed E-state index contributed by atoms with van der Waals surface area (Å²) < 4.78 is 28.1. The summed E-state index contributed by atoms with van der Waals surface area (Å²) >= 11 is 3.36. The summed E-state index contributed by atoms with van der Waals surface area (Å²) in [4.78, 5) is 0.238. The van der Waals surface area contributed by atoms with Crippen LogP contribution in [0, 0.1) is 6.92 Å². The van der Waals surface area contributed by atoms with Crippen LogP contribution in [-0.4, -0.2) is 15.0 Å². The Hall–Kier alpha value is -1.53. The highest BCUT2D eigenvalue weighted by molar-refractivity contribution is 9.10. The highest BCUT2D eigenvalue weighted by Gasteiger charge is 2.14. The third-order valence-electron chi connectivity index (χ3n) is 2.84. The fraction of sp³-hybridized carbons (Fsp3) is 0.200. The number of nitrogens with one attached hydrogen (secondary N) is 2. The average molecular weight is 369 g/mol. The van der Waals surface area contributed by atoms with E-state index in [0.29, 0.717) is 5.69 Å². The number of halogens is 1. The first-order chi connectivity index (χ1) is 9.90. The lowest BCUT2D eigenvalue weighted by Crippen LogP contribution is -2.13. The van der Waals surface area contributed by atoms with Gasteiger partial charge in [0.05, 0.1) is 10.6 Å². The normalized spacial score (nSPS) is 11.2. The number of benzene rings is 2. The summed E-state index contributed by atoms with van der Waals surface area (Å²) in [7, 11) is -3.58. The Morgan fingerprint density at radius 2 is 1.71 bits per heavy atom. The highest BCUT2D eigenvalue weighted by atomic mass is 79.9. The second-order valence-electron chi connectivity index (χ2n) is 4.68. The van der Waals surface area contributed by atoms with Crippen molar-refractivity contribution >= 4 is 37.3 Å². The summed E-state index contributed by atoms with van der Waals surface area (Å²) in [5.41, 5.74) is 2.41. The van der Waals surface area contributed by atoms with E-state index in [-0.39, 0.29) is 4.90 Å². The number of rotatable bonds is 5. The van der Waals surface area contributed by atoms with Crippen LogP contribution >= 0.6 is 15.9 Å². The Bertz CT molecular complexity index is 708. The van der Waals surface area contributed by atoms with Crippen LogP contribution in [0.4, 0.5) is 11.4 Å². The lowest BCUT2D eigenvalue weighted by Gasteiger charge is -2.10. The van der Waals surface area contributed by atoms with Gasteiger partial charge in [-0.3, -0.25) is 4.72 Å². The average Bonchev–Trinajstić information content (AvgIpc) is 2.38. The van der Waals surface area contributed by atoms with Crippen LogP contribution in [0.3, 0.4) is 0 Å². The fourth-order valence-corrected chi connectivity index (χ4v) is 3.61. The third-order valence-corrected chi connectivity index (χ3v) is 4.69. The smallest absolute Gasteiger partial charge is 0.261 e. The Labute approximate surface area is 133 Å². The van der Waals surface area contributed by atoms with Gasteiger partial charge in [0.15, 0.2) is 0 Å². The molecule has 4 nitrogen and oxygen atoms in total. The number of hydrogen-bond donors (Lipinski definition) is 2. The van der Waals surface area contributed by atoms with Gasteiger partial charge in [0.1, 0.15) is 0 Å². The minimum Gasteiger partial charge on any atom is -0.385 e. The molecule has 0 saturated heterocycles. The molecule has 0 unspecified atom stereocenters. The molecule has 21 heavy (non-hydrogen) atoms. The molecule has 0 amide bonds. The topological polar surface area (TPSA) is 58.2 Å². The summed E-state index contributed by atoms with van der Waals surface area (Å²) in [6.45, 7) is 4.69. The summed E-state index contributed by atoms with van der Waals surface area (Å²) in [6, 6.07) is 12.1. The predicted octanol–water partition coefficient (Wildman–Crippen LogP) is 3.99. The van der Waals surface area contributed by atoms with Gasteiger partial charge >= 0.3 is 0 Å². The van der Waals surface area contributed by atoms with E-state index < -0.39 is 10.0 Å². The van der Waals surface area contributed by atoms with Crippen molar-refractivity contribution in [3.8, 4) is 0 Å². The third kappa shape index (κ3) is 4.22. The van der Waals surface area contributed by atoms with E-state index in [1.165, 1.54) is 0 Å². The molecule has 0 aliphatic rings. The van der Waals surface area contributed by atoms with Crippen LogP contribution in [0.15, 0.2) is 51.8 Å². The number of hydrogen-bond acceptors (Lipinski definition) is 3. The zero-order valence-corrected chi connectivity index (χ0v) is 14.3. The molecule has 2 N–H and O–H groups in total. The lowest BCUT2D eigenvalue weighted by atomic mass is 10.2. The standard InChI is InChI=1S/C15H17BrN2O2S/c1-3-17-13-4-6-15(7-5-13)21(19,20)18-14-9-11(2)8-12(16)10-14/h4-10,17-18H,3H2,1-2H3. The first kappa shape index (κ1) is 15.9. The first-order valence-corrected chi connectivity index (χ1v) is 8.82. The van der Waals surface area contributed by atoms with E-state index in [4.69, 9.17) is 0 Å². The predicted molar refractivity (Wildman–Crippen MR) is 90.3 cm³/mol. The van der Waals surface area contributed by atoms with Crippen LogP contribution < -0.4 is 10.0 Å². The molecule has 0 radical (unpaired) electrons. The Morgan fingerprint density at radius 1 is 1.05 bits per heavy atom. The molecular formula is C15H17BrN2O2S. The van der Waals surface area contributed by atoms with E-state index in [1.807, 2.05) is 19.9 Å². The lowest BCUT2D eigenvalue weighted by molar-refractivity contribution is 0.601. The van der Waals surface area contributed by atoms with Gasteiger partial charge in [-0.1, -0.05) is 15.9 Å². The fourth-order valence-electron chi connectivity index (χ4n) is 1.97. The Morgan fingerprint density at radius 3 is 2.29 bits per heavy atom. The molecule has 2 rings (SSSR count). The molecule has 0 heterocycles. The van der Waals surface area contributed by atoms with Crippen molar-refractivity contribution in [1.82, 2.24) is 0 Å². The van der Waals surface area contributed by atoms with Crippen molar-refractivity contribution in [3.05, 3.63) is 52.5 Å². The van der Waals surface area contributed by atoms with E-state index in [1.54, 1.807) is 36.4 Å². The molecule has 2 aromatic carbocycles. The summed E-state index contributed by atoms with van der Waals surface area (Å²) in [5.74, 6) is 0. The second-order valence-corrected chi connectivity index (χ2v) is 7.28. The molecule has 0 saturated carbocycles. The molecule has 112 valence electrons. The maximum Gasteiger partial charge on any atom is 0.261 e. The maximum absolute atomic E-state index is 12.3. The van der Waals surface area contributed by atoms with Crippen LogP contribution in [0.1, 0.15) is 12.5 Å². The van der Waals surface area contributed by atoms with Gasteiger partial charge in [-0.2, -0.15) is 0 Å². The Kier molecular flexibility index (Phi) is 4.90. The first-order valence-electron chi connectivity index (χ1n) is 6.54. The van der Waals surface area contributed by atoms with Crippen molar-refractivity contribution in [2.45, 2.75) is 18.7 Å². The van der Waals surface area contributed by atoms with Crippen molar-refractivity contribution < 1.29 is 8.42 Å². The SMILES string of the molecule is CCNc1ccc(S(=O)(=O)Nc2cc(C)cc(Br)c2)cc1. The molecule has 0 aliphatic heterocycles. The molecular weight excluding hydrogens is 352 g/mol. The quantitative estimate of drug-likeness (QED) is 0.838. The maximum atomic E-state index is 12.3. The van der Waals surface area contributed by atoms with Gasteiger partial charge < -0.3 is 5.32 Å². The van der Waals surface area contributed by atoms with Gasteiger partial charge in [-0.25, -0.2) is 8.42 Å². The van der Waals surface area contributed by atoms with Crippen molar-refractivity contribution in [1.29, 1.82) is 0 Å². The minimum absolute atomic E-state index is 0.238. The molecule has 0 atom stereocenters. The van der Waals surface area contributed by atoms with E-state index >= 15 is 0 Å². The second kappa shape index (κ2) is 6.49. The van der Waals surface area contributed by atoms with Crippen molar-refractivity contribution in [2.75, 3.05) is 16.6 Å². The molecule has 2 aromatic rings. The molecule has 0 spiro atoms. The van der Waals surface area contributed by atoms with Crippen LogP contribution in [-0.2, 0) is 10.0 Å². The van der Waals surface area contributed by atoms with Gasteiger partial charge in [0, 0.05) is 16.7 Å². The summed E-state index contributed by atoms with van der Waals surface area (Å²) in [5, 5.41) is 3.13. The largest absolute Gasteiger partial charge is 0.385 e. The van der Waals surface area contributed by atoms with Gasteiger partial charge in [-0.15, -0.1) is 0 Å². The molecule has 0 aliphatic carbocycles. The molecule has 6 heteroatoms. The van der Waals surface area contributed by atoms with Crippen LogP contribution in [0.25, 0.3) is 0 Å². The van der Waals surface area contributed by atoms with Gasteiger partial charge in [0.25, 0.3) is 10.0 Å². The van der Waals surface area contributed by atoms with E-state index in [9.17, 15) is 8.42 Å². The number of sulfonamides is 1. The zero-order chi connectivity index (χ0) is 15.5. The zero-order valence-electron chi connectivity index (χ0n) is 11.9. The highest BCUT2D eigenvalue weighted by Crippen LogP contribution is 2.22. The van der Waals surface area contributed by atoms with Gasteiger partial charge in [-0.05, 0) is 61.9 Å². The summed E-state index contributed by atoms with van der Waals surface area (Å²) in [6.07, 6.45) is 0. The molecule has 0 fully saturated rings. The molecule has 0 aromatic heterocycles. The molecule has 0 bridgehead atoms.